The van der Waals surface area contributed by atoms with E-state index < -0.39 is 0 Å². The van der Waals surface area contributed by atoms with Gasteiger partial charge in [0, 0.05) is 6.42 Å². The summed E-state index contributed by atoms with van der Waals surface area (Å²) in [6, 6.07) is 6.09. The summed E-state index contributed by atoms with van der Waals surface area (Å²) in [4.78, 5) is 4.45. The number of nitrogens with zero attached hydrogens (tertiary/aromatic N) is 1. The Bertz CT molecular complexity index is 547. The predicted molar refractivity (Wildman–Crippen MR) is 75.3 cm³/mol. The minimum Gasteiger partial charge on any atom is -0.496 e. The molecule has 0 radical (unpaired) electrons. The van der Waals surface area contributed by atoms with Crippen LogP contribution in [0.3, 0.4) is 0 Å². The number of hydrogen-bond donors (Lipinski definition) is 1. The highest BCUT2D eigenvalue weighted by molar-refractivity contribution is 5.64. The van der Waals surface area contributed by atoms with E-state index in [1.807, 2.05) is 6.07 Å². The van der Waals surface area contributed by atoms with Crippen molar-refractivity contribution in [2.45, 2.75) is 26.2 Å². The molecule has 0 saturated carbocycles. The molecule has 4 nitrogen and oxygen atoms in total. The third-order valence-electron chi connectivity index (χ3n) is 3.07. The first-order chi connectivity index (χ1) is 9.15. The Hall–Kier alpha value is -1.81. The van der Waals surface area contributed by atoms with Crippen LogP contribution in [0.1, 0.15) is 31.0 Å². The van der Waals surface area contributed by atoms with Gasteiger partial charge in [0.2, 0.25) is 5.89 Å². The molecular formula is C15H20N2O2. The Morgan fingerprint density at radius 2 is 2.16 bits per heavy atom. The molecule has 4 heteroatoms. The number of oxazole rings is 1. The minimum absolute atomic E-state index is 0.447. The molecule has 2 aromatic rings. The number of ether oxygens (including phenoxy) is 1. The summed E-state index contributed by atoms with van der Waals surface area (Å²) in [6.45, 7) is 4.87. The van der Waals surface area contributed by atoms with Gasteiger partial charge in [-0.2, -0.15) is 0 Å². The average Bonchev–Trinajstić information content (AvgIpc) is 2.87. The second-order valence-corrected chi connectivity index (χ2v) is 4.80. The van der Waals surface area contributed by atoms with Gasteiger partial charge in [-0.1, -0.05) is 19.9 Å². The van der Waals surface area contributed by atoms with Crippen LogP contribution in [0.2, 0.25) is 0 Å². The zero-order chi connectivity index (χ0) is 13.8. The zero-order valence-electron chi connectivity index (χ0n) is 11.6. The molecule has 2 N–H and O–H groups in total. The standard InChI is InChI=1S/C15H20N2O2/c1-10(2)11-4-5-14(18-3)13(8-11)15-17-12(6-7-16)9-19-15/h4-5,8-10H,6-7,16H2,1-3H3. The fourth-order valence-electron chi connectivity index (χ4n) is 1.95. The maximum Gasteiger partial charge on any atom is 0.229 e. The lowest BCUT2D eigenvalue weighted by Crippen LogP contribution is -2.02. The number of benzene rings is 1. The maximum atomic E-state index is 5.53. The quantitative estimate of drug-likeness (QED) is 0.897. The summed E-state index contributed by atoms with van der Waals surface area (Å²) in [5.41, 5.74) is 8.51. The van der Waals surface area contributed by atoms with Crippen molar-refractivity contribution in [3.63, 3.8) is 0 Å². The molecule has 19 heavy (non-hydrogen) atoms. The Balaban J connectivity index is 2.42. The lowest BCUT2D eigenvalue weighted by molar-refractivity contribution is 0.414. The third-order valence-corrected chi connectivity index (χ3v) is 3.07. The highest BCUT2D eigenvalue weighted by atomic mass is 16.5. The number of nitrogens with two attached hydrogens (primary N) is 1. The van der Waals surface area contributed by atoms with Crippen LogP contribution < -0.4 is 10.5 Å². The van der Waals surface area contributed by atoms with E-state index in [2.05, 4.69) is 31.0 Å². The molecule has 1 heterocycles. The average molecular weight is 260 g/mol. The number of methoxy groups -OCH3 is 1. The van der Waals surface area contributed by atoms with Crippen LogP contribution in [0, 0.1) is 0 Å². The van der Waals surface area contributed by atoms with Gasteiger partial charge in [-0.15, -0.1) is 0 Å². The van der Waals surface area contributed by atoms with Gasteiger partial charge in [-0.25, -0.2) is 4.98 Å². The van der Waals surface area contributed by atoms with Crippen molar-refractivity contribution in [3.8, 4) is 17.2 Å². The van der Waals surface area contributed by atoms with Crippen molar-refractivity contribution >= 4 is 0 Å². The van der Waals surface area contributed by atoms with Gasteiger partial charge in [-0.05, 0) is 30.2 Å². The van der Waals surface area contributed by atoms with Crippen molar-refractivity contribution < 1.29 is 9.15 Å². The molecule has 0 amide bonds. The van der Waals surface area contributed by atoms with Gasteiger partial charge >= 0.3 is 0 Å². The predicted octanol–water partition coefficient (Wildman–Crippen LogP) is 2.97. The summed E-state index contributed by atoms with van der Waals surface area (Å²) in [5, 5.41) is 0. The summed E-state index contributed by atoms with van der Waals surface area (Å²) in [6.07, 6.45) is 2.37. The lowest BCUT2D eigenvalue weighted by atomic mass is 10.0. The van der Waals surface area contributed by atoms with Gasteiger partial charge < -0.3 is 14.9 Å². The molecule has 1 aromatic carbocycles. The van der Waals surface area contributed by atoms with Gasteiger partial charge in [0.25, 0.3) is 0 Å². The molecule has 0 aliphatic rings. The van der Waals surface area contributed by atoms with E-state index in [1.165, 1.54) is 5.56 Å². The molecule has 0 fully saturated rings. The first-order valence-electron chi connectivity index (χ1n) is 6.48. The molecule has 0 spiro atoms. The number of hydrogen-bond acceptors (Lipinski definition) is 4. The summed E-state index contributed by atoms with van der Waals surface area (Å²) in [5.74, 6) is 1.80. The van der Waals surface area contributed by atoms with Crippen molar-refractivity contribution in [2.75, 3.05) is 13.7 Å². The fraction of sp³-hybridized carbons (Fsp3) is 0.400. The van der Waals surface area contributed by atoms with Crippen LogP contribution in [0.25, 0.3) is 11.5 Å². The van der Waals surface area contributed by atoms with Crippen molar-refractivity contribution in [1.82, 2.24) is 4.98 Å². The Morgan fingerprint density at radius 1 is 1.37 bits per heavy atom. The Kier molecular flexibility index (Phi) is 4.22. The zero-order valence-corrected chi connectivity index (χ0v) is 11.6. The van der Waals surface area contributed by atoms with Crippen LogP contribution in [0.4, 0.5) is 0 Å². The molecule has 0 aliphatic heterocycles. The van der Waals surface area contributed by atoms with E-state index in [0.29, 0.717) is 18.4 Å². The molecule has 0 unspecified atom stereocenters. The molecule has 2 rings (SSSR count). The number of rotatable bonds is 5. The van der Waals surface area contributed by atoms with Crippen LogP contribution in [0.5, 0.6) is 5.75 Å². The second kappa shape index (κ2) is 5.89. The molecule has 0 aliphatic carbocycles. The monoisotopic (exact) mass is 260 g/mol. The molecule has 0 atom stereocenters. The van der Waals surface area contributed by atoms with E-state index in [-0.39, 0.29) is 0 Å². The van der Waals surface area contributed by atoms with E-state index in [4.69, 9.17) is 14.9 Å². The highest BCUT2D eigenvalue weighted by Crippen LogP contribution is 2.32. The van der Waals surface area contributed by atoms with Gasteiger partial charge in [-0.3, -0.25) is 0 Å². The van der Waals surface area contributed by atoms with E-state index in [0.717, 1.165) is 23.4 Å². The smallest absolute Gasteiger partial charge is 0.229 e. The molecular weight excluding hydrogens is 240 g/mol. The topological polar surface area (TPSA) is 61.3 Å². The molecule has 0 saturated heterocycles. The Labute approximate surface area is 113 Å². The molecule has 1 aromatic heterocycles. The van der Waals surface area contributed by atoms with Gasteiger partial charge in [0.1, 0.15) is 12.0 Å². The van der Waals surface area contributed by atoms with Crippen LogP contribution >= 0.6 is 0 Å². The first kappa shape index (κ1) is 13.6. The van der Waals surface area contributed by atoms with Crippen molar-refractivity contribution in [2.24, 2.45) is 5.73 Å². The summed E-state index contributed by atoms with van der Waals surface area (Å²) >= 11 is 0. The normalized spacial score (nSPS) is 11.0. The third kappa shape index (κ3) is 2.96. The first-order valence-corrected chi connectivity index (χ1v) is 6.48. The largest absolute Gasteiger partial charge is 0.496 e. The van der Waals surface area contributed by atoms with E-state index in [1.54, 1.807) is 13.4 Å². The summed E-state index contributed by atoms with van der Waals surface area (Å²) < 4.78 is 10.9. The number of aromatic nitrogens is 1. The van der Waals surface area contributed by atoms with Crippen molar-refractivity contribution in [1.29, 1.82) is 0 Å². The van der Waals surface area contributed by atoms with Crippen molar-refractivity contribution in [3.05, 3.63) is 35.7 Å². The van der Waals surface area contributed by atoms with Gasteiger partial charge in [0.15, 0.2) is 0 Å². The van der Waals surface area contributed by atoms with E-state index in [9.17, 15) is 0 Å². The lowest BCUT2D eigenvalue weighted by Gasteiger charge is -2.10. The molecule has 102 valence electrons. The van der Waals surface area contributed by atoms with Crippen LogP contribution in [-0.2, 0) is 6.42 Å². The van der Waals surface area contributed by atoms with E-state index >= 15 is 0 Å². The fourth-order valence-corrected chi connectivity index (χ4v) is 1.95. The van der Waals surface area contributed by atoms with Crippen LogP contribution in [0.15, 0.2) is 28.9 Å². The maximum absolute atomic E-state index is 5.53. The summed E-state index contributed by atoms with van der Waals surface area (Å²) in [7, 11) is 1.65. The molecule has 0 bridgehead atoms. The minimum atomic E-state index is 0.447. The van der Waals surface area contributed by atoms with Crippen LogP contribution in [-0.4, -0.2) is 18.6 Å². The second-order valence-electron chi connectivity index (χ2n) is 4.80. The highest BCUT2D eigenvalue weighted by Gasteiger charge is 2.14. The SMILES string of the molecule is COc1ccc(C(C)C)cc1-c1nc(CCN)co1. The van der Waals surface area contributed by atoms with Gasteiger partial charge in [0.05, 0.1) is 18.4 Å². The Morgan fingerprint density at radius 3 is 2.79 bits per heavy atom.